The van der Waals surface area contributed by atoms with E-state index in [1.54, 1.807) is 11.1 Å². The Balaban J connectivity index is 2.10. The second-order valence-corrected chi connectivity index (χ2v) is 6.24. The van der Waals surface area contributed by atoms with Gasteiger partial charge in [-0.2, -0.15) is 0 Å². The fourth-order valence-corrected chi connectivity index (χ4v) is 2.24. The molecule has 2 rings (SSSR count). The number of carboxylic acids is 1. The number of aliphatic carboxylic acids is 1. The summed E-state index contributed by atoms with van der Waals surface area (Å²) in [5.41, 5.74) is -0.134. The van der Waals surface area contributed by atoms with Crippen LogP contribution in [0.5, 0.6) is 0 Å². The summed E-state index contributed by atoms with van der Waals surface area (Å²) >= 11 is 0. The molecule has 0 radical (unpaired) electrons. The number of hydrogen-bond acceptors (Lipinski definition) is 5. The van der Waals surface area contributed by atoms with Crippen LogP contribution < -0.4 is 5.32 Å². The Bertz CT molecular complexity index is 533. The molecule has 1 atom stereocenters. The maximum atomic E-state index is 11.8. The molecular formula is C14H21N3O4. The summed E-state index contributed by atoms with van der Waals surface area (Å²) in [7, 11) is 0. The molecule has 21 heavy (non-hydrogen) atoms. The molecule has 1 amide bonds. The summed E-state index contributed by atoms with van der Waals surface area (Å²) in [6.45, 7) is 7.50. The first-order valence-corrected chi connectivity index (χ1v) is 6.96. The number of nitrogens with one attached hydrogen (secondary N) is 1. The van der Waals surface area contributed by atoms with Gasteiger partial charge < -0.3 is 14.8 Å². The molecule has 0 spiro atoms. The molecule has 0 bridgehead atoms. The Kier molecular flexibility index (Phi) is 4.32. The minimum atomic E-state index is -0.996. The van der Waals surface area contributed by atoms with Gasteiger partial charge in [0, 0.05) is 18.5 Å². The Morgan fingerprint density at radius 1 is 1.57 bits per heavy atom. The number of piperazine rings is 1. The first-order valence-electron chi connectivity index (χ1n) is 6.96. The van der Waals surface area contributed by atoms with Gasteiger partial charge in [-0.05, 0) is 0 Å². The van der Waals surface area contributed by atoms with Gasteiger partial charge in [-0.1, -0.05) is 20.8 Å². The molecule has 1 unspecified atom stereocenters. The Morgan fingerprint density at radius 2 is 2.29 bits per heavy atom. The molecule has 1 aliphatic rings. The molecule has 0 aromatic carbocycles. The van der Waals surface area contributed by atoms with Gasteiger partial charge in [0.05, 0.1) is 19.2 Å². The van der Waals surface area contributed by atoms with Crippen LogP contribution in [0.2, 0.25) is 0 Å². The van der Waals surface area contributed by atoms with Gasteiger partial charge in [0.15, 0.2) is 0 Å². The number of nitrogens with zero attached hydrogens (tertiary/aromatic N) is 2. The molecule has 1 aliphatic heterocycles. The fourth-order valence-electron chi connectivity index (χ4n) is 2.24. The first kappa shape index (κ1) is 15.5. The highest BCUT2D eigenvalue weighted by Crippen LogP contribution is 2.23. The van der Waals surface area contributed by atoms with Gasteiger partial charge in [0.1, 0.15) is 11.8 Å². The van der Waals surface area contributed by atoms with Crippen molar-refractivity contribution in [3.8, 4) is 0 Å². The number of carboxylic acid groups (broad SMARTS) is 1. The third-order valence-corrected chi connectivity index (χ3v) is 3.44. The minimum Gasteiger partial charge on any atom is -0.481 e. The van der Waals surface area contributed by atoms with E-state index < -0.39 is 12.0 Å². The quantitative estimate of drug-likeness (QED) is 0.851. The second-order valence-electron chi connectivity index (χ2n) is 6.24. The van der Waals surface area contributed by atoms with E-state index in [0.717, 1.165) is 5.76 Å². The van der Waals surface area contributed by atoms with Crippen LogP contribution in [-0.4, -0.2) is 46.0 Å². The largest absolute Gasteiger partial charge is 0.481 e. The van der Waals surface area contributed by atoms with Crippen molar-refractivity contribution >= 4 is 11.9 Å². The zero-order valence-electron chi connectivity index (χ0n) is 12.5. The van der Waals surface area contributed by atoms with Gasteiger partial charge in [0.25, 0.3) is 0 Å². The van der Waals surface area contributed by atoms with E-state index in [1.807, 2.05) is 20.8 Å². The normalized spacial score (nSPS) is 20.3. The van der Waals surface area contributed by atoms with E-state index in [2.05, 4.69) is 10.3 Å². The van der Waals surface area contributed by atoms with Crippen LogP contribution in [0.3, 0.4) is 0 Å². The topological polar surface area (TPSA) is 95.7 Å². The van der Waals surface area contributed by atoms with Crippen molar-refractivity contribution in [2.45, 2.75) is 45.2 Å². The standard InChI is InChI=1S/C14H21N3O4/c1-14(2,3)10-7-16-11(21-10)8-17-5-4-15-13(20)9(17)6-12(18)19/h7,9H,4-6,8H2,1-3H3,(H,15,20)(H,18,19). The zero-order valence-corrected chi connectivity index (χ0v) is 12.5. The molecule has 7 heteroatoms. The monoisotopic (exact) mass is 295 g/mol. The number of carbonyl (C=O) groups excluding carboxylic acids is 1. The molecule has 116 valence electrons. The highest BCUT2D eigenvalue weighted by Gasteiger charge is 2.32. The summed E-state index contributed by atoms with van der Waals surface area (Å²) < 4.78 is 5.71. The molecule has 0 saturated carbocycles. The second kappa shape index (κ2) is 5.85. The van der Waals surface area contributed by atoms with Crippen LogP contribution >= 0.6 is 0 Å². The number of carbonyl (C=O) groups is 2. The predicted octanol–water partition coefficient (Wildman–Crippen LogP) is 0.747. The van der Waals surface area contributed by atoms with Gasteiger partial charge in [0.2, 0.25) is 11.8 Å². The molecule has 1 fully saturated rings. The fraction of sp³-hybridized carbons (Fsp3) is 0.643. The Labute approximate surface area is 123 Å². The van der Waals surface area contributed by atoms with Crippen LogP contribution in [0.1, 0.15) is 38.8 Å². The number of aromatic nitrogens is 1. The maximum Gasteiger partial charge on any atom is 0.305 e. The number of hydrogen-bond donors (Lipinski definition) is 2. The lowest BCUT2D eigenvalue weighted by molar-refractivity contribution is -0.143. The van der Waals surface area contributed by atoms with Crippen LogP contribution in [0.15, 0.2) is 10.6 Å². The van der Waals surface area contributed by atoms with Crippen molar-refractivity contribution in [1.29, 1.82) is 0 Å². The molecule has 2 heterocycles. The lowest BCUT2D eigenvalue weighted by Gasteiger charge is -2.33. The zero-order chi connectivity index (χ0) is 15.6. The van der Waals surface area contributed by atoms with Crippen LogP contribution in [0, 0.1) is 0 Å². The summed E-state index contributed by atoms with van der Waals surface area (Å²) in [6.07, 6.45) is 1.46. The highest BCUT2D eigenvalue weighted by molar-refractivity contribution is 5.86. The van der Waals surface area contributed by atoms with Crippen molar-refractivity contribution in [3.63, 3.8) is 0 Å². The molecular weight excluding hydrogens is 274 g/mol. The van der Waals surface area contributed by atoms with E-state index in [-0.39, 0.29) is 17.7 Å². The van der Waals surface area contributed by atoms with Crippen LogP contribution in [-0.2, 0) is 21.5 Å². The van der Waals surface area contributed by atoms with E-state index in [0.29, 0.717) is 25.5 Å². The lowest BCUT2D eigenvalue weighted by atomic mass is 9.94. The molecule has 0 aliphatic carbocycles. The van der Waals surface area contributed by atoms with Crippen molar-refractivity contribution in [1.82, 2.24) is 15.2 Å². The molecule has 1 aromatic rings. The third-order valence-electron chi connectivity index (χ3n) is 3.44. The third kappa shape index (κ3) is 3.81. The van der Waals surface area contributed by atoms with Crippen molar-refractivity contribution in [2.75, 3.05) is 13.1 Å². The lowest BCUT2D eigenvalue weighted by Crippen LogP contribution is -2.55. The predicted molar refractivity (Wildman–Crippen MR) is 74.7 cm³/mol. The van der Waals surface area contributed by atoms with E-state index >= 15 is 0 Å². The summed E-state index contributed by atoms with van der Waals surface area (Å²) in [6, 6.07) is -0.679. The van der Waals surface area contributed by atoms with E-state index in [1.165, 1.54) is 0 Å². The maximum absolute atomic E-state index is 11.8. The molecule has 1 aromatic heterocycles. The molecule has 7 nitrogen and oxygen atoms in total. The van der Waals surface area contributed by atoms with Crippen LogP contribution in [0.25, 0.3) is 0 Å². The van der Waals surface area contributed by atoms with Gasteiger partial charge in [-0.3, -0.25) is 14.5 Å². The van der Waals surface area contributed by atoms with Gasteiger partial charge >= 0.3 is 5.97 Å². The number of rotatable bonds is 4. The summed E-state index contributed by atoms with van der Waals surface area (Å²) in [4.78, 5) is 28.8. The SMILES string of the molecule is CC(C)(C)c1cnc(CN2CCNC(=O)C2CC(=O)O)o1. The van der Waals surface area contributed by atoms with E-state index in [9.17, 15) is 9.59 Å². The van der Waals surface area contributed by atoms with E-state index in [4.69, 9.17) is 9.52 Å². The van der Waals surface area contributed by atoms with Crippen molar-refractivity contribution < 1.29 is 19.1 Å². The smallest absolute Gasteiger partial charge is 0.305 e. The average Bonchev–Trinajstić information content (AvgIpc) is 2.81. The van der Waals surface area contributed by atoms with Crippen molar-refractivity contribution in [2.24, 2.45) is 0 Å². The molecule has 1 saturated heterocycles. The Morgan fingerprint density at radius 3 is 2.86 bits per heavy atom. The Hall–Kier alpha value is -1.89. The summed E-state index contributed by atoms with van der Waals surface area (Å²) in [5.74, 6) is 0.0230. The van der Waals surface area contributed by atoms with Gasteiger partial charge in [-0.25, -0.2) is 4.98 Å². The van der Waals surface area contributed by atoms with Crippen LogP contribution in [0.4, 0.5) is 0 Å². The summed E-state index contributed by atoms with van der Waals surface area (Å²) in [5, 5.41) is 11.6. The van der Waals surface area contributed by atoms with Crippen molar-refractivity contribution in [3.05, 3.63) is 17.8 Å². The first-order chi connectivity index (χ1) is 9.77. The number of amides is 1. The minimum absolute atomic E-state index is 0.134. The average molecular weight is 295 g/mol. The number of oxazole rings is 1. The van der Waals surface area contributed by atoms with Gasteiger partial charge in [-0.15, -0.1) is 0 Å². The highest BCUT2D eigenvalue weighted by atomic mass is 16.4. The molecule has 2 N–H and O–H groups in total.